The first-order valence-corrected chi connectivity index (χ1v) is 7.37. The van der Waals surface area contributed by atoms with Crippen LogP contribution in [0.1, 0.15) is 18.1 Å². The molecule has 1 unspecified atom stereocenters. The molecule has 0 fully saturated rings. The fourth-order valence-corrected chi connectivity index (χ4v) is 2.21. The summed E-state index contributed by atoms with van der Waals surface area (Å²) in [5.41, 5.74) is 2.11. The minimum absolute atomic E-state index is 0.357. The molecule has 0 spiro atoms. The van der Waals surface area contributed by atoms with Crippen molar-refractivity contribution in [1.82, 2.24) is 5.32 Å². The van der Waals surface area contributed by atoms with E-state index in [-0.39, 0.29) is 6.10 Å². The van der Waals surface area contributed by atoms with Gasteiger partial charge in [-0.1, -0.05) is 41.9 Å². The number of aliphatic hydroxyl groups is 1. The van der Waals surface area contributed by atoms with E-state index in [4.69, 9.17) is 16.3 Å². The molecule has 2 aromatic rings. The maximum absolute atomic E-state index is 9.27. The lowest BCUT2D eigenvalue weighted by atomic mass is 10.2. The number of halogens is 1. The highest BCUT2D eigenvalue weighted by atomic mass is 35.5. The second-order valence-electron chi connectivity index (χ2n) is 5.01. The zero-order valence-corrected chi connectivity index (χ0v) is 12.8. The molecule has 0 saturated carbocycles. The van der Waals surface area contributed by atoms with Gasteiger partial charge in [-0.2, -0.15) is 0 Å². The lowest BCUT2D eigenvalue weighted by Gasteiger charge is -2.13. The molecule has 2 aromatic carbocycles. The monoisotopic (exact) mass is 305 g/mol. The van der Waals surface area contributed by atoms with Gasteiger partial charge in [0.25, 0.3) is 0 Å². The van der Waals surface area contributed by atoms with E-state index < -0.39 is 0 Å². The fourth-order valence-electron chi connectivity index (χ4n) is 1.99. The van der Waals surface area contributed by atoms with Crippen molar-refractivity contribution in [2.24, 2.45) is 0 Å². The Morgan fingerprint density at radius 2 is 2.00 bits per heavy atom. The normalized spacial score (nSPS) is 12.1. The van der Waals surface area contributed by atoms with Crippen LogP contribution < -0.4 is 10.1 Å². The lowest BCUT2D eigenvalue weighted by Crippen LogP contribution is -2.24. The van der Waals surface area contributed by atoms with E-state index in [1.54, 1.807) is 6.92 Å². The molecule has 3 nitrogen and oxygen atoms in total. The molecule has 2 rings (SSSR count). The average Bonchev–Trinajstić information content (AvgIpc) is 2.46. The molecule has 2 N–H and O–H groups in total. The summed E-state index contributed by atoms with van der Waals surface area (Å²) < 4.78 is 5.87. The number of aliphatic hydroxyl groups excluding tert-OH is 1. The SMILES string of the molecule is CC(O)CNCc1ccccc1OCc1cccc(Cl)c1. The second-order valence-corrected chi connectivity index (χ2v) is 5.44. The van der Waals surface area contributed by atoms with Crippen molar-refractivity contribution in [1.29, 1.82) is 0 Å². The zero-order chi connectivity index (χ0) is 15.1. The van der Waals surface area contributed by atoms with E-state index in [9.17, 15) is 5.11 Å². The zero-order valence-electron chi connectivity index (χ0n) is 12.1. The molecular weight excluding hydrogens is 286 g/mol. The maximum atomic E-state index is 9.27. The number of hydrogen-bond acceptors (Lipinski definition) is 3. The van der Waals surface area contributed by atoms with Crippen molar-refractivity contribution >= 4 is 11.6 Å². The third-order valence-corrected chi connectivity index (χ3v) is 3.25. The number of para-hydroxylation sites is 1. The first-order valence-electron chi connectivity index (χ1n) is 6.99. The minimum atomic E-state index is -0.357. The number of benzene rings is 2. The quantitative estimate of drug-likeness (QED) is 0.824. The van der Waals surface area contributed by atoms with Crippen molar-refractivity contribution < 1.29 is 9.84 Å². The largest absolute Gasteiger partial charge is 0.489 e. The van der Waals surface area contributed by atoms with Crippen molar-refractivity contribution in [3.8, 4) is 5.75 Å². The first-order chi connectivity index (χ1) is 10.1. The Morgan fingerprint density at radius 3 is 2.76 bits per heavy atom. The summed E-state index contributed by atoms with van der Waals surface area (Å²) in [6.45, 7) is 3.46. The highest BCUT2D eigenvalue weighted by Gasteiger charge is 2.04. The third-order valence-electron chi connectivity index (χ3n) is 3.01. The molecule has 21 heavy (non-hydrogen) atoms. The van der Waals surface area contributed by atoms with Crippen LogP contribution in [0.5, 0.6) is 5.75 Å². The summed E-state index contributed by atoms with van der Waals surface area (Å²) in [5.74, 6) is 0.843. The minimum Gasteiger partial charge on any atom is -0.489 e. The van der Waals surface area contributed by atoms with Crippen molar-refractivity contribution in [2.75, 3.05) is 6.54 Å². The third kappa shape index (κ3) is 5.38. The lowest BCUT2D eigenvalue weighted by molar-refractivity contribution is 0.190. The van der Waals surface area contributed by atoms with E-state index in [2.05, 4.69) is 5.32 Å². The Bertz CT molecular complexity index is 572. The Hall–Kier alpha value is -1.55. The van der Waals surface area contributed by atoms with Crippen LogP contribution in [0.4, 0.5) is 0 Å². The van der Waals surface area contributed by atoms with Crippen molar-refractivity contribution in [3.05, 3.63) is 64.7 Å². The molecule has 0 aromatic heterocycles. The molecule has 4 heteroatoms. The average molecular weight is 306 g/mol. The smallest absolute Gasteiger partial charge is 0.124 e. The van der Waals surface area contributed by atoms with Gasteiger partial charge in [-0.15, -0.1) is 0 Å². The summed E-state index contributed by atoms with van der Waals surface area (Å²) >= 11 is 5.97. The molecule has 0 aliphatic rings. The van der Waals surface area contributed by atoms with E-state index in [0.717, 1.165) is 16.9 Å². The fraction of sp³-hybridized carbons (Fsp3) is 0.294. The van der Waals surface area contributed by atoms with Crippen molar-refractivity contribution in [2.45, 2.75) is 26.2 Å². The number of hydrogen-bond donors (Lipinski definition) is 2. The Balaban J connectivity index is 1.96. The predicted octanol–water partition coefficient (Wildman–Crippen LogP) is 3.39. The number of ether oxygens (including phenoxy) is 1. The summed E-state index contributed by atoms with van der Waals surface area (Å²) in [6.07, 6.45) is -0.357. The van der Waals surface area contributed by atoms with Gasteiger partial charge in [0.05, 0.1) is 6.10 Å². The van der Waals surface area contributed by atoms with Gasteiger partial charge >= 0.3 is 0 Å². The van der Waals surface area contributed by atoms with Crippen LogP contribution in [0.15, 0.2) is 48.5 Å². The van der Waals surface area contributed by atoms with Crippen LogP contribution in [0.2, 0.25) is 5.02 Å². The summed E-state index contributed by atoms with van der Waals surface area (Å²) in [7, 11) is 0. The van der Waals surface area contributed by atoms with Crippen LogP contribution in [0.25, 0.3) is 0 Å². The van der Waals surface area contributed by atoms with Crippen LogP contribution in [0.3, 0.4) is 0 Å². The number of nitrogens with one attached hydrogen (secondary N) is 1. The van der Waals surface area contributed by atoms with E-state index in [1.165, 1.54) is 0 Å². The van der Waals surface area contributed by atoms with Gasteiger partial charge in [0.1, 0.15) is 12.4 Å². The van der Waals surface area contributed by atoms with E-state index >= 15 is 0 Å². The van der Waals surface area contributed by atoms with Gasteiger partial charge in [-0.25, -0.2) is 0 Å². The molecule has 112 valence electrons. The molecule has 0 bridgehead atoms. The molecule has 0 heterocycles. The molecule has 0 saturated heterocycles. The Morgan fingerprint density at radius 1 is 1.19 bits per heavy atom. The highest BCUT2D eigenvalue weighted by molar-refractivity contribution is 6.30. The van der Waals surface area contributed by atoms with Gasteiger partial charge in [-0.3, -0.25) is 0 Å². The topological polar surface area (TPSA) is 41.5 Å². The molecule has 0 aliphatic carbocycles. The van der Waals surface area contributed by atoms with E-state index in [0.29, 0.717) is 24.7 Å². The van der Waals surface area contributed by atoms with Crippen molar-refractivity contribution in [3.63, 3.8) is 0 Å². The van der Waals surface area contributed by atoms with Crippen LogP contribution in [-0.4, -0.2) is 17.8 Å². The summed E-state index contributed by atoms with van der Waals surface area (Å²) in [4.78, 5) is 0. The van der Waals surface area contributed by atoms with Gasteiger partial charge in [-0.05, 0) is 30.7 Å². The molecular formula is C17H20ClNO2. The molecule has 0 aliphatic heterocycles. The summed E-state index contributed by atoms with van der Waals surface area (Å²) in [6, 6.07) is 15.5. The van der Waals surface area contributed by atoms with Gasteiger partial charge < -0.3 is 15.2 Å². The van der Waals surface area contributed by atoms with Gasteiger partial charge in [0.15, 0.2) is 0 Å². The van der Waals surface area contributed by atoms with Crippen LogP contribution >= 0.6 is 11.6 Å². The summed E-state index contributed by atoms with van der Waals surface area (Å²) in [5, 5.41) is 13.2. The molecule has 0 radical (unpaired) electrons. The van der Waals surface area contributed by atoms with Crippen LogP contribution in [-0.2, 0) is 13.2 Å². The standard InChI is InChI=1S/C17H20ClNO2/c1-13(20)10-19-11-15-6-2-3-8-17(15)21-12-14-5-4-7-16(18)9-14/h2-9,13,19-20H,10-12H2,1H3. The van der Waals surface area contributed by atoms with Gasteiger partial charge in [0, 0.05) is 23.7 Å². The van der Waals surface area contributed by atoms with Crippen LogP contribution in [0, 0.1) is 0 Å². The maximum Gasteiger partial charge on any atom is 0.124 e. The number of rotatable bonds is 7. The Labute approximate surface area is 130 Å². The van der Waals surface area contributed by atoms with Gasteiger partial charge in [0.2, 0.25) is 0 Å². The molecule has 1 atom stereocenters. The highest BCUT2D eigenvalue weighted by Crippen LogP contribution is 2.20. The predicted molar refractivity (Wildman–Crippen MR) is 85.6 cm³/mol. The van der Waals surface area contributed by atoms with E-state index in [1.807, 2.05) is 48.5 Å². The first kappa shape index (κ1) is 15.8. The Kier molecular flexibility index (Phi) is 6.05. The molecule has 0 amide bonds. The second kappa shape index (κ2) is 8.03.